The molecule has 0 bridgehead atoms. The fourth-order valence-corrected chi connectivity index (χ4v) is 1.35. The summed E-state index contributed by atoms with van der Waals surface area (Å²) in [5.41, 5.74) is 7.05. The predicted molar refractivity (Wildman–Crippen MR) is 56.5 cm³/mol. The molecule has 0 atom stereocenters. The van der Waals surface area contributed by atoms with Gasteiger partial charge in [-0.25, -0.2) is 0 Å². The number of rotatable bonds is 2. The number of hydrogen-bond acceptors (Lipinski definition) is 1. The highest BCUT2D eigenvalue weighted by Gasteiger charge is 1.94. The number of benzene rings is 1. The summed E-state index contributed by atoms with van der Waals surface area (Å²) in [6.07, 6.45) is 4.94. The van der Waals surface area contributed by atoms with Crippen molar-refractivity contribution in [2.24, 2.45) is 5.73 Å². The molecule has 1 aromatic heterocycles. The van der Waals surface area contributed by atoms with Crippen LogP contribution in [-0.2, 0) is 4.79 Å². The first kappa shape index (κ1) is 8.56. The minimum absolute atomic E-state index is 0.431. The van der Waals surface area contributed by atoms with Gasteiger partial charge in [0.2, 0.25) is 5.91 Å². The van der Waals surface area contributed by atoms with E-state index in [2.05, 4.69) is 4.98 Å². The molecule has 1 amide bonds. The molecule has 70 valence electrons. The van der Waals surface area contributed by atoms with Crippen molar-refractivity contribution in [2.75, 3.05) is 0 Å². The van der Waals surface area contributed by atoms with Crippen molar-refractivity contribution in [3.63, 3.8) is 0 Å². The number of aromatic nitrogens is 1. The lowest BCUT2D eigenvalue weighted by Gasteiger charge is -1.93. The van der Waals surface area contributed by atoms with Gasteiger partial charge >= 0.3 is 0 Å². The second kappa shape index (κ2) is 3.38. The zero-order valence-electron chi connectivity index (χ0n) is 7.53. The van der Waals surface area contributed by atoms with Gasteiger partial charge in [0.15, 0.2) is 0 Å². The summed E-state index contributed by atoms with van der Waals surface area (Å²) >= 11 is 0. The Morgan fingerprint density at radius 3 is 3.00 bits per heavy atom. The monoisotopic (exact) mass is 186 g/mol. The van der Waals surface area contributed by atoms with E-state index in [-0.39, 0.29) is 0 Å². The van der Waals surface area contributed by atoms with E-state index < -0.39 is 5.91 Å². The van der Waals surface area contributed by atoms with Crippen molar-refractivity contribution in [2.45, 2.75) is 0 Å². The second-order valence-electron chi connectivity index (χ2n) is 3.06. The topological polar surface area (TPSA) is 58.9 Å². The minimum atomic E-state index is -0.431. The predicted octanol–water partition coefficient (Wildman–Crippen LogP) is 1.67. The first-order valence-electron chi connectivity index (χ1n) is 4.30. The first-order chi connectivity index (χ1) is 6.75. The Hall–Kier alpha value is -2.03. The SMILES string of the molecule is NC(=O)C=Cc1ccc2[nH]ccc2c1. The summed E-state index contributed by atoms with van der Waals surface area (Å²) in [7, 11) is 0. The number of nitrogens with two attached hydrogens (primary N) is 1. The van der Waals surface area contributed by atoms with Gasteiger partial charge in [-0.2, -0.15) is 0 Å². The van der Waals surface area contributed by atoms with Crippen LogP contribution in [0.4, 0.5) is 0 Å². The molecule has 3 nitrogen and oxygen atoms in total. The molecule has 14 heavy (non-hydrogen) atoms. The zero-order chi connectivity index (χ0) is 9.97. The number of amides is 1. The standard InChI is InChI=1S/C11H10N2O/c12-11(14)4-2-8-1-3-10-9(7-8)5-6-13-10/h1-7,13H,(H2,12,14). The Morgan fingerprint density at radius 1 is 1.36 bits per heavy atom. The molecule has 0 spiro atoms. The van der Waals surface area contributed by atoms with Crippen molar-refractivity contribution in [3.8, 4) is 0 Å². The van der Waals surface area contributed by atoms with Gasteiger partial charge in [-0.15, -0.1) is 0 Å². The minimum Gasteiger partial charge on any atom is -0.366 e. The highest BCUT2D eigenvalue weighted by molar-refractivity contribution is 5.91. The van der Waals surface area contributed by atoms with Crippen LogP contribution in [0.3, 0.4) is 0 Å². The van der Waals surface area contributed by atoms with E-state index in [4.69, 9.17) is 5.73 Å². The van der Waals surface area contributed by atoms with E-state index in [0.29, 0.717) is 0 Å². The van der Waals surface area contributed by atoms with E-state index in [9.17, 15) is 4.79 Å². The van der Waals surface area contributed by atoms with Crippen LogP contribution in [-0.4, -0.2) is 10.9 Å². The number of carbonyl (C=O) groups excluding carboxylic acids is 1. The number of primary amides is 1. The molecule has 0 saturated heterocycles. The summed E-state index contributed by atoms with van der Waals surface area (Å²) in [5.74, 6) is -0.431. The largest absolute Gasteiger partial charge is 0.366 e. The van der Waals surface area contributed by atoms with E-state index >= 15 is 0 Å². The number of aromatic amines is 1. The molecule has 0 fully saturated rings. The van der Waals surface area contributed by atoms with Gasteiger partial charge in [0.25, 0.3) is 0 Å². The van der Waals surface area contributed by atoms with Crippen molar-refractivity contribution in [1.29, 1.82) is 0 Å². The first-order valence-corrected chi connectivity index (χ1v) is 4.30. The third-order valence-corrected chi connectivity index (χ3v) is 2.02. The molecule has 1 aromatic carbocycles. The maximum Gasteiger partial charge on any atom is 0.241 e. The molecule has 0 aliphatic rings. The van der Waals surface area contributed by atoms with E-state index in [1.807, 2.05) is 30.5 Å². The average molecular weight is 186 g/mol. The lowest BCUT2D eigenvalue weighted by molar-refractivity contribution is -0.113. The van der Waals surface area contributed by atoms with Crippen LogP contribution in [0.2, 0.25) is 0 Å². The number of H-pyrrole nitrogens is 1. The molecule has 1 heterocycles. The van der Waals surface area contributed by atoms with Crippen molar-refractivity contribution in [3.05, 3.63) is 42.1 Å². The molecule has 3 N–H and O–H groups in total. The average Bonchev–Trinajstić information content (AvgIpc) is 2.61. The van der Waals surface area contributed by atoms with Crippen LogP contribution in [0.25, 0.3) is 17.0 Å². The third-order valence-electron chi connectivity index (χ3n) is 2.02. The highest BCUT2D eigenvalue weighted by Crippen LogP contribution is 2.14. The molecule has 0 unspecified atom stereocenters. The Bertz CT molecular complexity index is 497. The fourth-order valence-electron chi connectivity index (χ4n) is 1.35. The molecule has 3 heteroatoms. The van der Waals surface area contributed by atoms with Gasteiger partial charge in [-0.1, -0.05) is 6.07 Å². The third kappa shape index (κ3) is 1.66. The summed E-state index contributed by atoms with van der Waals surface area (Å²) in [6, 6.07) is 7.87. The van der Waals surface area contributed by atoms with Crippen molar-refractivity contribution in [1.82, 2.24) is 4.98 Å². The fraction of sp³-hybridized carbons (Fsp3) is 0. The molecule has 2 aromatic rings. The quantitative estimate of drug-likeness (QED) is 0.688. The normalized spacial score (nSPS) is 11.1. The zero-order valence-corrected chi connectivity index (χ0v) is 7.53. The number of carbonyl (C=O) groups is 1. The second-order valence-corrected chi connectivity index (χ2v) is 3.06. The Labute approximate surface area is 81.2 Å². The van der Waals surface area contributed by atoms with Crippen molar-refractivity contribution < 1.29 is 4.79 Å². The van der Waals surface area contributed by atoms with E-state index in [0.717, 1.165) is 16.5 Å². The lowest BCUT2D eigenvalue weighted by Crippen LogP contribution is -2.04. The van der Waals surface area contributed by atoms with E-state index in [1.165, 1.54) is 6.08 Å². The smallest absolute Gasteiger partial charge is 0.241 e. The number of nitrogens with one attached hydrogen (secondary N) is 1. The van der Waals surface area contributed by atoms with Crippen LogP contribution in [0.1, 0.15) is 5.56 Å². The maximum atomic E-state index is 10.5. The molecular weight excluding hydrogens is 176 g/mol. The van der Waals surface area contributed by atoms with Crippen LogP contribution in [0.15, 0.2) is 36.5 Å². The van der Waals surface area contributed by atoms with Crippen LogP contribution in [0.5, 0.6) is 0 Å². The summed E-state index contributed by atoms with van der Waals surface area (Å²) in [4.78, 5) is 13.6. The van der Waals surface area contributed by atoms with Gasteiger partial charge < -0.3 is 10.7 Å². The van der Waals surface area contributed by atoms with Gasteiger partial charge in [0, 0.05) is 17.8 Å². The number of fused-ring (bicyclic) bond motifs is 1. The molecule has 0 radical (unpaired) electrons. The lowest BCUT2D eigenvalue weighted by atomic mass is 10.1. The maximum absolute atomic E-state index is 10.5. The van der Waals surface area contributed by atoms with Crippen LogP contribution in [0, 0.1) is 0 Å². The van der Waals surface area contributed by atoms with Gasteiger partial charge in [0.1, 0.15) is 0 Å². The molecule has 2 rings (SSSR count). The summed E-state index contributed by atoms with van der Waals surface area (Å²) < 4.78 is 0. The Kier molecular flexibility index (Phi) is 2.07. The van der Waals surface area contributed by atoms with Crippen molar-refractivity contribution >= 4 is 22.9 Å². The molecular formula is C11H10N2O. The summed E-state index contributed by atoms with van der Waals surface area (Å²) in [5, 5.41) is 1.12. The van der Waals surface area contributed by atoms with E-state index in [1.54, 1.807) is 6.08 Å². The summed E-state index contributed by atoms with van der Waals surface area (Å²) in [6.45, 7) is 0. The molecule has 0 aliphatic carbocycles. The molecule has 0 aliphatic heterocycles. The van der Waals surface area contributed by atoms with Gasteiger partial charge in [-0.05, 0) is 35.2 Å². The number of hydrogen-bond donors (Lipinski definition) is 2. The van der Waals surface area contributed by atoms with Gasteiger partial charge in [-0.3, -0.25) is 4.79 Å². The van der Waals surface area contributed by atoms with Crippen LogP contribution < -0.4 is 5.73 Å². The Balaban J connectivity index is 2.39. The highest BCUT2D eigenvalue weighted by atomic mass is 16.1. The molecule has 0 saturated carbocycles. The Morgan fingerprint density at radius 2 is 2.21 bits per heavy atom. The van der Waals surface area contributed by atoms with Crippen LogP contribution >= 0.6 is 0 Å². The van der Waals surface area contributed by atoms with Gasteiger partial charge in [0.05, 0.1) is 0 Å².